The Balaban J connectivity index is 2.77. The maximum Gasteiger partial charge on any atom is 0.326 e. The number of hydrogen-bond acceptors (Lipinski definition) is 5. The number of aliphatic carboxylic acids is 2. The lowest BCUT2D eigenvalue weighted by molar-refractivity contribution is -0.140. The van der Waals surface area contributed by atoms with Gasteiger partial charge in [-0.3, -0.25) is 9.59 Å². The molecular formula is C11H14N2O6. The van der Waals surface area contributed by atoms with Gasteiger partial charge in [0.05, 0.1) is 5.69 Å². The number of aryl methyl sites for hydroxylation is 2. The zero-order valence-corrected chi connectivity index (χ0v) is 10.5. The predicted molar refractivity (Wildman–Crippen MR) is 61.7 cm³/mol. The Morgan fingerprint density at radius 2 is 1.95 bits per heavy atom. The molecule has 1 rings (SSSR count). The highest BCUT2D eigenvalue weighted by molar-refractivity contribution is 5.98. The molecule has 0 aromatic carbocycles. The van der Waals surface area contributed by atoms with Crippen molar-refractivity contribution in [3.8, 4) is 0 Å². The Bertz CT molecular complexity index is 488. The van der Waals surface area contributed by atoms with E-state index in [1.165, 1.54) is 6.92 Å². The zero-order valence-electron chi connectivity index (χ0n) is 10.5. The predicted octanol–water partition coefficient (Wildman–Crippen LogP) is 0.339. The van der Waals surface area contributed by atoms with Crippen LogP contribution in [0.5, 0.6) is 0 Å². The number of carboxylic acids is 2. The molecule has 0 aliphatic heterocycles. The molecule has 0 saturated heterocycles. The van der Waals surface area contributed by atoms with Crippen LogP contribution in [0.15, 0.2) is 4.52 Å². The summed E-state index contributed by atoms with van der Waals surface area (Å²) in [5.41, 5.74) is 0.513. The lowest BCUT2D eigenvalue weighted by atomic mass is 10.1. The summed E-state index contributed by atoms with van der Waals surface area (Å²) in [5.74, 6) is -2.79. The number of nitrogens with zero attached hydrogens (tertiary/aromatic N) is 1. The van der Waals surface area contributed by atoms with E-state index in [9.17, 15) is 14.4 Å². The van der Waals surface area contributed by atoms with Gasteiger partial charge in [0.15, 0.2) is 0 Å². The van der Waals surface area contributed by atoms with Gasteiger partial charge in [-0.05, 0) is 20.3 Å². The molecule has 0 unspecified atom stereocenters. The van der Waals surface area contributed by atoms with Crippen LogP contribution in [0.3, 0.4) is 0 Å². The van der Waals surface area contributed by atoms with E-state index in [1.807, 2.05) is 0 Å². The van der Waals surface area contributed by atoms with E-state index in [4.69, 9.17) is 14.7 Å². The molecule has 8 heteroatoms. The molecular weight excluding hydrogens is 256 g/mol. The minimum atomic E-state index is -1.29. The first-order chi connectivity index (χ1) is 8.82. The average Bonchev–Trinajstić information content (AvgIpc) is 2.63. The molecule has 1 aromatic rings. The standard InChI is InChI=1S/C11H14N2O6/c1-5-9(6(2)19-13-5)10(16)12-7(11(17)18)3-4-8(14)15/h7H,3-4H2,1-2H3,(H,12,16)(H,14,15)(H,17,18)/t7-/m0/s1. The maximum atomic E-state index is 11.9. The fourth-order valence-electron chi connectivity index (χ4n) is 1.56. The van der Waals surface area contributed by atoms with Crippen molar-refractivity contribution in [3.05, 3.63) is 17.0 Å². The fourth-order valence-corrected chi connectivity index (χ4v) is 1.56. The molecule has 1 heterocycles. The number of carbonyl (C=O) groups excluding carboxylic acids is 1. The molecule has 0 saturated carbocycles. The molecule has 1 atom stereocenters. The van der Waals surface area contributed by atoms with E-state index in [2.05, 4.69) is 10.5 Å². The molecule has 0 aliphatic rings. The van der Waals surface area contributed by atoms with Crippen LogP contribution in [-0.4, -0.2) is 39.3 Å². The highest BCUT2D eigenvalue weighted by atomic mass is 16.5. The number of aromatic nitrogens is 1. The highest BCUT2D eigenvalue weighted by Crippen LogP contribution is 2.12. The van der Waals surface area contributed by atoms with Gasteiger partial charge in [0.2, 0.25) is 0 Å². The van der Waals surface area contributed by atoms with Crippen LogP contribution < -0.4 is 5.32 Å². The molecule has 0 bridgehead atoms. The van der Waals surface area contributed by atoms with Gasteiger partial charge in [-0.1, -0.05) is 5.16 Å². The summed E-state index contributed by atoms with van der Waals surface area (Å²) in [6.07, 6.45) is -0.543. The minimum Gasteiger partial charge on any atom is -0.481 e. The molecule has 8 nitrogen and oxygen atoms in total. The largest absolute Gasteiger partial charge is 0.481 e. The van der Waals surface area contributed by atoms with Gasteiger partial charge in [-0.15, -0.1) is 0 Å². The van der Waals surface area contributed by atoms with Crippen LogP contribution in [0.25, 0.3) is 0 Å². The number of carbonyl (C=O) groups is 3. The number of hydrogen-bond donors (Lipinski definition) is 3. The van der Waals surface area contributed by atoms with Crippen molar-refractivity contribution in [1.82, 2.24) is 10.5 Å². The van der Waals surface area contributed by atoms with Gasteiger partial charge >= 0.3 is 11.9 Å². The van der Waals surface area contributed by atoms with Crippen molar-refractivity contribution in [2.75, 3.05) is 0 Å². The van der Waals surface area contributed by atoms with Gasteiger partial charge in [-0.25, -0.2) is 4.79 Å². The molecule has 0 fully saturated rings. The molecule has 3 N–H and O–H groups in total. The Hall–Kier alpha value is -2.38. The van der Waals surface area contributed by atoms with Crippen LogP contribution in [0.1, 0.15) is 34.7 Å². The Kier molecular flexibility index (Phi) is 4.62. The average molecular weight is 270 g/mol. The first-order valence-electron chi connectivity index (χ1n) is 5.51. The van der Waals surface area contributed by atoms with Crippen LogP contribution in [0.2, 0.25) is 0 Å². The molecule has 1 amide bonds. The fraction of sp³-hybridized carbons (Fsp3) is 0.455. The van der Waals surface area contributed by atoms with Crippen molar-refractivity contribution < 1.29 is 29.1 Å². The third-order valence-corrected chi connectivity index (χ3v) is 2.51. The Morgan fingerprint density at radius 1 is 1.32 bits per heavy atom. The summed E-state index contributed by atoms with van der Waals surface area (Å²) < 4.78 is 4.80. The van der Waals surface area contributed by atoms with Crippen LogP contribution in [-0.2, 0) is 9.59 Å². The summed E-state index contributed by atoms with van der Waals surface area (Å²) in [5, 5.41) is 23.3. The van der Waals surface area contributed by atoms with Gasteiger partial charge < -0.3 is 20.1 Å². The smallest absolute Gasteiger partial charge is 0.326 e. The van der Waals surface area contributed by atoms with Gasteiger partial charge in [-0.2, -0.15) is 0 Å². The van der Waals surface area contributed by atoms with Crippen molar-refractivity contribution in [2.24, 2.45) is 0 Å². The SMILES string of the molecule is Cc1noc(C)c1C(=O)N[C@@H](CCC(=O)O)C(=O)O. The molecule has 0 radical (unpaired) electrons. The molecule has 19 heavy (non-hydrogen) atoms. The quantitative estimate of drug-likeness (QED) is 0.679. The summed E-state index contributed by atoms with van der Waals surface area (Å²) >= 11 is 0. The van der Waals surface area contributed by atoms with Crippen molar-refractivity contribution in [2.45, 2.75) is 32.7 Å². The highest BCUT2D eigenvalue weighted by Gasteiger charge is 2.25. The van der Waals surface area contributed by atoms with E-state index >= 15 is 0 Å². The maximum absolute atomic E-state index is 11.9. The third kappa shape index (κ3) is 3.80. The Labute approximate surface area is 108 Å². The summed E-state index contributed by atoms with van der Waals surface area (Å²) in [7, 11) is 0. The Morgan fingerprint density at radius 3 is 2.37 bits per heavy atom. The normalized spacial score (nSPS) is 11.9. The third-order valence-electron chi connectivity index (χ3n) is 2.51. The van der Waals surface area contributed by atoms with Crippen LogP contribution in [0.4, 0.5) is 0 Å². The topological polar surface area (TPSA) is 130 Å². The van der Waals surface area contributed by atoms with Crippen molar-refractivity contribution in [3.63, 3.8) is 0 Å². The van der Waals surface area contributed by atoms with E-state index in [-0.39, 0.29) is 24.2 Å². The summed E-state index contributed by atoms with van der Waals surface area (Å²) in [6.45, 7) is 3.08. The van der Waals surface area contributed by atoms with Gasteiger partial charge in [0.25, 0.3) is 5.91 Å². The zero-order chi connectivity index (χ0) is 14.6. The lowest BCUT2D eigenvalue weighted by Gasteiger charge is -2.13. The van der Waals surface area contributed by atoms with E-state index in [0.29, 0.717) is 5.69 Å². The van der Waals surface area contributed by atoms with Crippen LogP contribution in [0, 0.1) is 13.8 Å². The summed E-state index contributed by atoms with van der Waals surface area (Å²) in [4.78, 5) is 33.2. The van der Waals surface area contributed by atoms with Gasteiger partial charge in [0, 0.05) is 6.42 Å². The molecule has 0 spiro atoms. The molecule has 0 aliphatic carbocycles. The van der Waals surface area contributed by atoms with Crippen LogP contribution >= 0.6 is 0 Å². The van der Waals surface area contributed by atoms with E-state index < -0.39 is 23.9 Å². The number of rotatable bonds is 6. The second-order valence-corrected chi connectivity index (χ2v) is 4.00. The lowest BCUT2D eigenvalue weighted by Crippen LogP contribution is -2.41. The number of nitrogens with one attached hydrogen (secondary N) is 1. The monoisotopic (exact) mass is 270 g/mol. The van der Waals surface area contributed by atoms with Gasteiger partial charge in [0.1, 0.15) is 17.4 Å². The van der Waals surface area contributed by atoms with E-state index in [1.54, 1.807) is 6.92 Å². The summed E-state index contributed by atoms with van der Waals surface area (Å²) in [6, 6.07) is -1.27. The number of amides is 1. The van der Waals surface area contributed by atoms with Crippen molar-refractivity contribution in [1.29, 1.82) is 0 Å². The second kappa shape index (κ2) is 5.98. The number of carboxylic acid groups (broad SMARTS) is 2. The first kappa shape index (κ1) is 14.7. The molecule has 104 valence electrons. The first-order valence-corrected chi connectivity index (χ1v) is 5.51. The van der Waals surface area contributed by atoms with E-state index in [0.717, 1.165) is 0 Å². The van der Waals surface area contributed by atoms with Crippen molar-refractivity contribution >= 4 is 17.8 Å². The molecule has 1 aromatic heterocycles. The second-order valence-electron chi connectivity index (χ2n) is 4.00. The minimum absolute atomic E-state index is 0.168.